The van der Waals surface area contributed by atoms with Crippen LogP contribution in [0, 0.1) is 0 Å². The number of piperidine rings is 1. The van der Waals surface area contributed by atoms with E-state index < -0.39 is 0 Å². The van der Waals surface area contributed by atoms with Crippen molar-refractivity contribution in [3.8, 4) is 0 Å². The smallest absolute Gasteiger partial charge is 0.133 e. The van der Waals surface area contributed by atoms with Gasteiger partial charge < -0.3 is 4.90 Å². The molecule has 0 bridgehead atoms. The maximum absolute atomic E-state index is 4.79. The van der Waals surface area contributed by atoms with Crippen molar-refractivity contribution in [3.63, 3.8) is 0 Å². The van der Waals surface area contributed by atoms with Crippen molar-refractivity contribution >= 4 is 21.7 Å². The highest BCUT2D eigenvalue weighted by Crippen LogP contribution is 2.38. The first-order valence-corrected chi connectivity index (χ1v) is 9.87. The van der Waals surface area contributed by atoms with Crippen LogP contribution in [-0.2, 0) is 6.54 Å². The molecule has 0 radical (unpaired) electrons. The van der Waals surface area contributed by atoms with Gasteiger partial charge in [0.15, 0.2) is 0 Å². The summed E-state index contributed by atoms with van der Waals surface area (Å²) >= 11 is 3.44. The van der Waals surface area contributed by atoms with Gasteiger partial charge in [-0.25, -0.2) is 9.97 Å². The molecule has 0 atom stereocenters. The lowest BCUT2D eigenvalue weighted by molar-refractivity contribution is 0.201. The monoisotopic (exact) mass is 401 g/mol. The van der Waals surface area contributed by atoms with Crippen LogP contribution in [0.4, 0.5) is 5.82 Å². The van der Waals surface area contributed by atoms with E-state index in [2.05, 4.69) is 54.9 Å². The molecule has 25 heavy (non-hydrogen) atoms. The summed E-state index contributed by atoms with van der Waals surface area (Å²) < 4.78 is 1.03. The highest BCUT2D eigenvalue weighted by molar-refractivity contribution is 9.10. The van der Waals surface area contributed by atoms with Crippen LogP contribution in [0.15, 0.2) is 35.1 Å². The molecule has 2 aromatic heterocycles. The van der Waals surface area contributed by atoms with Crippen LogP contribution >= 0.6 is 15.9 Å². The molecule has 1 saturated carbocycles. The van der Waals surface area contributed by atoms with Gasteiger partial charge >= 0.3 is 0 Å². The molecule has 0 unspecified atom stereocenters. The molecule has 3 heterocycles. The van der Waals surface area contributed by atoms with E-state index in [-0.39, 0.29) is 0 Å². The first-order chi connectivity index (χ1) is 12.2. The van der Waals surface area contributed by atoms with Crippen LogP contribution in [0.25, 0.3) is 0 Å². The summed E-state index contributed by atoms with van der Waals surface area (Å²) in [6, 6.07) is 6.76. The number of halogens is 1. The summed E-state index contributed by atoms with van der Waals surface area (Å²) in [5, 5.41) is 0. The Kier molecular flexibility index (Phi) is 4.99. The summed E-state index contributed by atoms with van der Waals surface area (Å²) in [4.78, 5) is 18.6. The molecular formula is C19H24BrN5. The molecule has 0 aromatic carbocycles. The summed E-state index contributed by atoms with van der Waals surface area (Å²) in [5.41, 5.74) is 1.14. The molecule has 4 rings (SSSR count). The maximum atomic E-state index is 4.79. The summed E-state index contributed by atoms with van der Waals surface area (Å²) in [7, 11) is 2.18. The zero-order valence-electron chi connectivity index (χ0n) is 14.6. The van der Waals surface area contributed by atoms with Crippen molar-refractivity contribution < 1.29 is 0 Å². The second-order valence-electron chi connectivity index (χ2n) is 7.13. The number of anilines is 1. The van der Waals surface area contributed by atoms with Crippen LogP contribution in [0.3, 0.4) is 0 Å². The van der Waals surface area contributed by atoms with Gasteiger partial charge in [0.2, 0.25) is 0 Å². The number of aromatic nitrogens is 3. The van der Waals surface area contributed by atoms with Crippen molar-refractivity contribution in [2.45, 2.75) is 44.2 Å². The van der Waals surface area contributed by atoms with Gasteiger partial charge in [0, 0.05) is 55.5 Å². The van der Waals surface area contributed by atoms with Gasteiger partial charge in [-0.05, 0) is 59.8 Å². The van der Waals surface area contributed by atoms with E-state index in [9.17, 15) is 0 Å². The van der Waals surface area contributed by atoms with Crippen molar-refractivity contribution in [1.82, 2.24) is 19.9 Å². The zero-order chi connectivity index (χ0) is 17.2. The Hall–Kier alpha value is -1.53. The number of rotatable bonds is 5. The van der Waals surface area contributed by atoms with Gasteiger partial charge in [0.25, 0.3) is 0 Å². The molecular weight excluding hydrogens is 378 g/mol. The van der Waals surface area contributed by atoms with E-state index in [4.69, 9.17) is 4.98 Å². The van der Waals surface area contributed by atoms with Crippen LogP contribution in [0.1, 0.15) is 43.1 Å². The molecule has 1 aliphatic carbocycles. The molecule has 0 N–H and O–H groups in total. The van der Waals surface area contributed by atoms with Crippen LogP contribution < -0.4 is 4.90 Å². The molecule has 2 fully saturated rings. The van der Waals surface area contributed by atoms with Gasteiger partial charge in [-0.1, -0.05) is 0 Å². The van der Waals surface area contributed by atoms with E-state index in [1.807, 2.05) is 18.5 Å². The van der Waals surface area contributed by atoms with E-state index in [0.717, 1.165) is 54.3 Å². The van der Waals surface area contributed by atoms with Gasteiger partial charge in [-0.2, -0.15) is 0 Å². The van der Waals surface area contributed by atoms with Crippen LogP contribution in [0.5, 0.6) is 0 Å². The molecule has 1 aliphatic heterocycles. The predicted octanol–water partition coefficient (Wildman–Crippen LogP) is 3.61. The third-order valence-corrected chi connectivity index (χ3v) is 5.71. The lowest BCUT2D eigenvalue weighted by Gasteiger charge is -2.37. The topological polar surface area (TPSA) is 45.2 Å². The van der Waals surface area contributed by atoms with Crippen molar-refractivity contribution in [2.24, 2.45) is 0 Å². The average molecular weight is 402 g/mol. The molecule has 6 heteroatoms. The fraction of sp³-hybridized carbons (Fsp3) is 0.526. The second kappa shape index (κ2) is 7.38. The average Bonchev–Trinajstić information content (AvgIpc) is 3.49. The highest BCUT2D eigenvalue weighted by Gasteiger charge is 2.28. The fourth-order valence-electron chi connectivity index (χ4n) is 3.48. The molecule has 132 valence electrons. The Labute approximate surface area is 157 Å². The lowest BCUT2D eigenvalue weighted by atomic mass is 10.0. The maximum Gasteiger partial charge on any atom is 0.133 e. The van der Waals surface area contributed by atoms with E-state index >= 15 is 0 Å². The number of pyridine rings is 1. The Bertz CT molecular complexity index is 708. The van der Waals surface area contributed by atoms with Crippen molar-refractivity contribution in [2.75, 3.05) is 25.0 Å². The lowest BCUT2D eigenvalue weighted by Crippen LogP contribution is -2.43. The molecule has 2 aromatic rings. The Morgan fingerprint density at radius 3 is 2.60 bits per heavy atom. The minimum absolute atomic E-state index is 0.552. The van der Waals surface area contributed by atoms with Gasteiger partial charge in [-0.15, -0.1) is 0 Å². The van der Waals surface area contributed by atoms with Crippen molar-refractivity contribution in [1.29, 1.82) is 0 Å². The predicted molar refractivity (Wildman–Crippen MR) is 103 cm³/mol. The summed E-state index contributed by atoms with van der Waals surface area (Å²) in [5.74, 6) is 2.71. The van der Waals surface area contributed by atoms with Gasteiger partial charge in [0.05, 0.1) is 5.69 Å². The number of likely N-dealkylation sites (tertiary alicyclic amines) is 1. The van der Waals surface area contributed by atoms with Gasteiger partial charge in [0.1, 0.15) is 11.6 Å². The van der Waals surface area contributed by atoms with Crippen LogP contribution in [0.2, 0.25) is 0 Å². The quantitative estimate of drug-likeness (QED) is 0.765. The minimum atomic E-state index is 0.552. The van der Waals surface area contributed by atoms with Crippen molar-refractivity contribution in [3.05, 3.63) is 46.6 Å². The van der Waals surface area contributed by atoms with E-state index in [0.29, 0.717) is 12.0 Å². The van der Waals surface area contributed by atoms with E-state index in [1.165, 1.54) is 12.8 Å². The Morgan fingerprint density at radius 2 is 1.92 bits per heavy atom. The second-order valence-corrected chi connectivity index (χ2v) is 8.05. The van der Waals surface area contributed by atoms with E-state index in [1.54, 1.807) is 0 Å². The normalized spacial score (nSPS) is 19.1. The fourth-order valence-corrected chi connectivity index (χ4v) is 3.71. The van der Waals surface area contributed by atoms with Gasteiger partial charge in [-0.3, -0.25) is 9.88 Å². The standard InChI is InChI=1S/C19H24BrN5/c1-24(18-6-9-21-19(23-18)14-2-3-14)17-7-10-25(11-8-17)13-16-5-4-15(20)12-22-16/h4-6,9,12,14,17H,2-3,7-8,10-11,13H2,1H3. The first-order valence-electron chi connectivity index (χ1n) is 9.07. The third-order valence-electron chi connectivity index (χ3n) is 5.24. The molecule has 1 saturated heterocycles. The SMILES string of the molecule is CN(c1ccnc(C2CC2)n1)C1CCN(Cc2ccc(Br)cn2)CC1. The molecule has 0 spiro atoms. The van der Waals surface area contributed by atoms with Crippen LogP contribution in [-0.4, -0.2) is 46.0 Å². The molecule has 5 nitrogen and oxygen atoms in total. The third kappa shape index (κ3) is 4.18. The summed E-state index contributed by atoms with van der Waals surface area (Å²) in [6.07, 6.45) is 8.61. The first kappa shape index (κ1) is 16.9. The number of nitrogens with zero attached hydrogens (tertiary/aromatic N) is 5. The zero-order valence-corrected chi connectivity index (χ0v) is 16.2. The Balaban J connectivity index is 1.33. The molecule has 0 amide bonds. The molecule has 2 aliphatic rings. The summed E-state index contributed by atoms with van der Waals surface area (Å²) in [6.45, 7) is 3.14. The number of hydrogen-bond acceptors (Lipinski definition) is 5. The number of hydrogen-bond donors (Lipinski definition) is 0. The largest absolute Gasteiger partial charge is 0.356 e. The minimum Gasteiger partial charge on any atom is -0.356 e. The highest BCUT2D eigenvalue weighted by atomic mass is 79.9. The Morgan fingerprint density at radius 1 is 1.12 bits per heavy atom.